The minimum absolute atomic E-state index is 0.286. The highest BCUT2D eigenvalue weighted by atomic mass is 79.9. The van der Waals surface area contributed by atoms with E-state index in [0.29, 0.717) is 11.8 Å². The van der Waals surface area contributed by atoms with E-state index in [2.05, 4.69) is 159 Å². The Balaban J connectivity index is 1.25. The second-order valence-corrected chi connectivity index (χ2v) is 11.5. The van der Waals surface area contributed by atoms with Crippen LogP contribution in [0.3, 0.4) is 0 Å². The van der Waals surface area contributed by atoms with Gasteiger partial charge in [0.25, 0.3) is 0 Å². The van der Waals surface area contributed by atoms with E-state index in [1.54, 1.807) is 0 Å². The van der Waals surface area contributed by atoms with Crippen LogP contribution in [0, 0.1) is 5.92 Å². The number of para-hydroxylation sites is 3. The molecule has 4 aromatic carbocycles. The van der Waals surface area contributed by atoms with E-state index in [0.717, 1.165) is 6.42 Å². The van der Waals surface area contributed by atoms with Crippen molar-refractivity contribution in [1.82, 2.24) is 4.57 Å². The molecule has 1 fully saturated rings. The molecule has 8 rings (SSSR count). The summed E-state index contributed by atoms with van der Waals surface area (Å²) in [5.74, 6) is 0.655. The maximum atomic E-state index is 3.93. The Hall–Kier alpha value is -4.08. The summed E-state index contributed by atoms with van der Waals surface area (Å²) in [4.78, 5) is 2.52. The van der Waals surface area contributed by atoms with Gasteiger partial charge in [0, 0.05) is 44.2 Å². The van der Waals surface area contributed by atoms with Crippen molar-refractivity contribution in [2.75, 3.05) is 4.90 Å². The molecular formula is C36H27BrN2. The summed E-state index contributed by atoms with van der Waals surface area (Å²) in [5, 5.41) is 2.62. The summed E-state index contributed by atoms with van der Waals surface area (Å²) in [6, 6.07) is 37.7. The number of halogens is 1. The van der Waals surface area contributed by atoms with Crippen LogP contribution in [-0.2, 0) is 0 Å². The van der Waals surface area contributed by atoms with Gasteiger partial charge in [-0.1, -0.05) is 107 Å². The Labute approximate surface area is 237 Å². The molecule has 3 aliphatic rings. The van der Waals surface area contributed by atoms with Gasteiger partial charge in [-0.15, -0.1) is 0 Å². The summed E-state index contributed by atoms with van der Waals surface area (Å²) in [5.41, 5.74) is 9.12. The van der Waals surface area contributed by atoms with Gasteiger partial charge in [-0.2, -0.15) is 0 Å². The largest absolute Gasteiger partial charge is 0.334 e. The third kappa shape index (κ3) is 3.53. The molecule has 0 saturated carbocycles. The summed E-state index contributed by atoms with van der Waals surface area (Å²) in [6.45, 7) is 0. The van der Waals surface area contributed by atoms with Crippen LogP contribution in [0.1, 0.15) is 17.9 Å². The molecule has 1 aromatic heterocycles. The van der Waals surface area contributed by atoms with E-state index in [9.17, 15) is 0 Å². The average Bonchev–Trinajstić information content (AvgIpc) is 3.51. The van der Waals surface area contributed by atoms with Crippen LogP contribution in [0.5, 0.6) is 0 Å². The molecule has 0 bridgehead atoms. The second kappa shape index (κ2) is 9.00. The highest BCUT2D eigenvalue weighted by Crippen LogP contribution is 2.51. The SMILES string of the molecule is BrC1=CC=CC2C1C1=CC(c3ccc4c(c3)c3ccccc3n4-c3ccccc3)CC=C1N2c1ccccc1. The zero-order chi connectivity index (χ0) is 25.9. The number of hydrogen-bond donors (Lipinski definition) is 0. The smallest absolute Gasteiger partial charge is 0.0640 e. The quantitative estimate of drug-likeness (QED) is 0.211. The van der Waals surface area contributed by atoms with Crippen LogP contribution in [0.2, 0.25) is 0 Å². The lowest BCUT2D eigenvalue weighted by Gasteiger charge is -2.29. The fourth-order valence-electron chi connectivity index (χ4n) is 6.80. The number of aromatic nitrogens is 1. The van der Waals surface area contributed by atoms with E-state index < -0.39 is 0 Å². The maximum Gasteiger partial charge on any atom is 0.0640 e. The maximum absolute atomic E-state index is 3.93. The number of allylic oxidation sites excluding steroid dienone is 5. The monoisotopic (exact) mass is 566 g/mol. The molecule has 188 valence electrons. The molecule has 39 heavy (non-hydrogen) atoms. The molecule has 0 amide bonds. The first-order valence-electron chi connectivity index (χ1n) is 13.7. The van der Waals surface area contributed by atoms with Crippen molar-refractivity contribution in [3.05, 3.63) is 155 Å². The average molecular weight is 568 g/mol. The first kappa shape index (κ1) is 22.9. The molecule has 3 atom stereocenters. The molecule has 5 aromatic rings. The zero-order valence-corrected chi connectivity index (χ0v) is 23.0. The molecule has 0 radical (unpaired) electrons. The molecule has 0 N–H and O–H groups in total. The summed E-state index contributed by atoms with van der Waals surface area (Å²) < 4.78 is 3.65. The third-order valence-corrected chi connectivity index (χ3v) is 9.27. The Morgan fingerprint density at radius 3 is 2.26 bits per heavy atom. The fourth-order valence-corrected chi connectivity index (χ4v) is 7.47. The van der Waals surface area contributed by atoms with Crippen molar-refractivity contribution in [2.45, 2.75) is 18.4 Å². The van der Waals surface area contributed by atoms with E-state index in [4.69, 9.17) is 0 Å². The van der Waals surface area contributed by atoms with Crippen molar-refractivity contribution >= 4 is 43.4 Å². The van der Waals surface area contributed by atoms with Gasteiger partial charge in [-0.05, 0) is 60.0 Å². The van der Waals surface area contributed by atoms with E-state index in [1.165, 1.54) is 54.5 Å². The molecule has 1 aliphatic heterocycles. The van der Waals surface area contributed by atoms with Crippen molar-refractivity contribution < 1.29 is 0 Å². The lowest BCUT2D eigenvalue weighted by atomic mass is 9.83. The van der Waals surface area contributed by atoms with Gasteiger partial charge < -0.3 is 9.47 Å². The minimum Gasteiger partial charge on any atom is -0.334 e. The third-order valence-electron chi connectivity index (χ3n) is 8.51. The normalized spacial score (nSPS) is 21.9. The molecule has 3 unspecified atom stereocenters. The molecule has 1 saturated heterocycles. The lowest BCUT2D eigenvalue weighted by Crippen LogP contribution is -2.31. The first-order chi connectivity index (χ1) is 19.3. The van der Waals surface area contributed by atoms with Crippen LogP contribution in [0.15, 0.2) is 149 Å². The van der Waals surface area contributed by atoms with Crippen LogP contribution < -0.4 is 4.90 Å². The number of benzene rings is 4. The Morgan fingerprint density at radius 2 is 1.44 bits per heavy atom. The Morgan fingerprint density at radius 1 is 0.718 bits per heavy atom. The molecule has 3 heteroatoms. The van der Waals surface area contributed by atoms with Gasteiger partial charge in [0.15, 0.2) is 0 Å². The Kier molecular flexibility index (Phi) is 5.27. The number of rotatable bonds is 3. The van der Waals surface area contributed by atoms with Crippen molar-refractivity contribution in [1.29, 1.82) is 0 Å². The molecular weight excluding hydrogens is 540 g/mol. The van der Waals surface area contributed by atoms with E-state index >= 15 is 0 Å². The second-order valence-electron chi connectivity index (χ2n) is 10.6. The predicted octanol–water partition coefficient (Wildman–Crippen LogP) is 9.43. The standard InChI is InChI=1S/C36H27BrN2/c37-31-15-9-17-35-36(31)30-23-25(19-21-34(30)39(35)27-12-5-2-6-13-27)24-18-20-33-29(22-24)28-14-7-8-16-32(28)38(33)26-10-3-1-4-11-26/h1-18,20-23,25,35-36H,19H2. The van der Waals surface area contributed by atoms with Crippen molar-refractivity contribution in [3.8, 4) is 5.69 Å². The first-order valence-corrected chi connectivity index (χ1v) is 14.5. The van der Waals surface area contributed by atoms with Gasteiger partial charge in [0.05, 0.1) is 17.1 Å². The molecule has 0 spiro atoms. The van der Waals surface area contributed by atoms with Crippen LogP contribution in [0.4, 0.5) is 5.69 Å². The van der Waals surface area contributed by atoms with Gasteiger partial charge in [-0.25, -0.2) is 0 Å². The summed E-state index contributed by atoms with van der Waals surface area (Å²) in [6.07, 6.45) is 12.8. The van der Waals surface area contributed by atoms with Gasteiger partial charge in [0.2, 0.25) is 0 Å². The van der Waals surface area contributed by atoms with Crippen LogP contribution >= 0.6 is 15.9 Å². The summed E-state index contributed by atoms with van der Waals surface area (Å²) in [7, 11) is 0. The zero-order valence-electron chi connectivity index (χ0n) is 21.4. The van der Waals surface area contributed by atoms with Gasteiger partial charge in [0.1, 0.15) is 0 Å². The van der Waals surface area contributed by atoms with Crippen LogP contribution in [-0.4, -0.2) is 10.6 Å². The number of fused-ring (bicyclic) bond motifs is 6. The Bertz CT molecular complexity index is 1860. The fraction of sp³-hybridized carbons (Fsp3) is 0.111. The van der Waals surface area contributed by atoms with Gasteiger partial charge >= 0.3 is 0 Å². The van der Waals surface area contributed by atoms with Crippen molar-refractivity contribution in [2.24, 2.45) is 5.92 Å². The number of nitrogens with zero attached hydrogens (tertiary/aromatic N) is 2. The summed E-state index contributed by atoms with van der Waals surface area (Å²) >= 11 is 3.93. The molecule has 2 aliphatic carbocycles. The number of anilines is 1. The van der Waals surface area contributed by atoms with E-state index in [1.807, 2.05) is 0 Å². The highest BCUT2D eigenvalue weighted by Gasteiger charge is 2.44. The lowest BCUT2D eigenvalue weighted by molar-refractivity contribution is 0.692. The molecule has 2 nitrogen and oxygen atoms in total. The minimum atomic E-state index is 0.286. The van der Waals surface area contributed by atoms with Crippen molar-refractivity contribution in [3.63, 3.8) is 0 Å². The van der Waals surface area contributed by atoms with E-state index in [-0.39, 0.29) is 6.04 Å². The van der Waals surface area contributed by atoms with Crippen LogP contribution in [0.25, 0.3) is 27.5 Å². The predicted molar refractivity (Wildman–Crippen MR) is 167 cm³/mol. The topological polar surface area (TPSA) is 8.17 Å². The molecule has 2 heterocycles. The number of hydrogen-bond acceptors (Lipinski definition) is 1. The highest BCUT2D eigenvalue weighted by molar-refractivity contribution is 9.11. The van der Waals surface area contributed by atoms with Gasteiger partial charge in [-0.3, -0.25) is 0 Å².